The summed E-state index contributed by atoms with van der Waals surface area (Å²) in [4.78, 5) is 12.4. The summed E-state index contributed by atoms with van der Waals surface area (Å²) in [5, 5.41) is 7.41. The predicted octanol–water partition coefficient (Wildman–Crippen LogP) is 4.06. The van der Waals surface area contributed by atoms with Gasteiger partial charge in [0.15, 0.2) is 0 Å². The third-order valence-corrected chi connectivity index (χ3v) is 4.81. The molecule has 1 amide bonds. The van der Waals surface area contributed by atoms with Gasteiger partial charge in [0, 0.05) is 24.0 Å². The number of hydrogen-bond acceptors (Lipinski definition) is 4. The molecule has 0 aliphatic rings. The second-order valence-corrected chi connectivity index (χ2v) is 6.79. The Kier molecular flexibility index (Phi) is 4.81. The van der Waals surface area contributed by atoms with E-state index in [1.165, 1.54) is 17.1 Å². The highest BCUT2D eigenvalue weighted by molar-refractivity contribution is 7.13. The van der Waals surface area contributed by atoms with Crippen LogP contribution >= 0.6 is 11.5 Å². The summed E-state index contributed by atoms with van der Waals surface area (Å²) >= 11 is 1.48. The molecule has 124 valence electrons. The highest BCUT2D eigenvalue weighted by Gasteiger charge is 2.12. The van der Waals surface area contributed by atoms with Gasteiger partial charge >= 0.3 is 0 Å². The maximum Gasteiger partial charge on any atom is 0.251 e. The molecule has 0 unspecified atom stereocenters. The minimum atomic E-state index is -0.0186. The van der Waals surface area contributed by atoms with Crippen molar-refractivity contribution >= 4 is 33.3 Å². The van der Waals surface area contributed by atoms with Crippen LogP contribution in [0.4, 0.5) is 5.82 Å². The molecule has 0 aliphatic heterocycles. The van der Waals surface area contributed by atoms with E-state index in [0.717, 1.165) is 32.6 Å². The van der Waals surface area contributed by atoms with E-state index in [1.54, 1.807) is 0 Å². The second-order valence-electron chi connectivity index (χ2n) is 5.98. The summed E-state index contributed by atoms with van der Waals surface area (Å²) in [5.41, 5.74) is 3.99. The average Bonchev–Trinajstić information content (AvgIpc) is 2.94. The molecule has 0 aliphatic carbocycles. The summed E-state index contributed by atoms with van der Waals surface area (Å²) in [5.74, 6) is 0.863. The third kappa shape index (κ3) is 3.41. The topological polar surface area (TPSA) is 54.0 Å². The van der Waals surface area contributed by atoms with Crippen molar-refractivity contribution < 1.29 is 4.79 Å². The monoisotopic (exact) mass is 339 g/mol. The van der Waals surface area contributed by atoms with E-state index in [4.69, 9.17) is 0 Å². The zero-order chi connectivity index (χ0) is 17.1. The normalized spacial score (nSPS) is 10.8. The van der Waals surface area contributed by atoms with E-state index in [-0.39, 0.29) is 5.91 Å². The van der Waals surface area contributed by atoms with Crippen LogP contribution in [-0.4, -0.2) is 23.4 Å². The molecule has 1 heterocycles. The number of benzene rings is 2. The molecule has 2 N–H and O–H groups in total. The fourth-order valence-corrected chi connectivity index (χ4v) is 3.75. The molecule has 0 spiro atoms. The van der Waals surface area contributed by atoms with Gasteiger partial charge in [-0.1, -0.05) is 29.8 Å². The van der Waals surface area contributed by atoms with Crippen molar-refractivity contribution in [2.24, 2.45) is 0 Å². The fraction of sp³-hybridized carbons (Fsp3) is 0.263. The Bertz CT molecular complexity index is 862. The summed E-state index contributed by atoms with van der Waals surface area (Å²) in [6.07, 6.45) is 0. The number of anilines is 1. The molecule has 0 saturated carbocycles. The van der Waals surface area contributed by atoms with Crippen LogP contribution in [0.2, 0.25) is 0 Å². The lowest BCUT2D eigenvalue weighted by Gasteiger charge is -2.12. The Morgan fingerprint density at radius 3 is 2.54 bits per heavy atom. The number of amides is 1. The van der Waals surface area contributed by atoms with E-state index >= 15 is 0 Å². The lowest BCUT2D eigenvalue weighted by molar-refractivity contribution is 0.0954. The molecule has 24 heavy (non-hydrogen) atoms. The van der Waals surface area contributed by atoms with Crippen molar-refractivity contribution in [3.8, 4) is 0 Å². The maximum absolute atomic E-state index is 12.4. The minimum Gasteiger partial charge on any atom is -0.367 e. The number of carbonyl (C=O) groups excluding carboxylic acids is 1. The van der Waals surface area contributed by atoms with Crippen molar-refractivity contribution in [2.75, 3.05) is 18.4 Å². The third-order valence-electron chi connectivity index (χ3n) is 3.98. The number of nitrogens with one attached hydrogen (secondary N) is 2. The van der Waals surface area contributed by atoms with Gasteiger partial charge in [0.25, 0.3) is 5.91 Å². The van der Waals surface area contributed by atoms with E-state index in [0.29, 0.717) is 13.1 Å². The first-order valence-electron chi connectivity index (χ1n) is 8.00. The van der Waals surface area contributed by atoms with Gasteiger partial charge in [-0.3, -0.25) is 4.79 Å². The van der Waals surface area contributed by atoms with Crippen molar-refractivity contribution in [3.63, 3.8) is 0 Å². The predicted molar refractivity (Wildman–Crippen MR) is 101 cm³/mol. The lowest BCUT2D eigenvalue weighted by Crippen LogP contribution is -2.30. The lowest BCUT2D eigenvalue weighted by atomic mass is 9.99. The van der Waals surface area contributed by atoms with Gasteiger partial charge in [0.05, 0.1) is 4.70 Å². The minimum absolute atomic E-state index is 0.0186. The summed E-state index contributed by atoms with van der Waals surface area (Å²) in [6.45, 7) is 7.20. The van der Waals surface area contributed by atoms with Gasteiger partial charge in [-0.25, -0.2) is 0 Å². The first kappa shape index (κ1) is 16.5. The molecule has 5 heteroatoms. The molecular formula is C19H21N3OS. The first-order valence-corrected chi connectivity index (χ1v) is 8.78. The van der Waals surface area contributed by atoms with Crippen LogP contribution in [0.3, 0.4) is 0 Å². The Morgan fingerprint density at radius 1 is 1.08 bits per heavy atom. The van der Waals surface area contributed by atoms with Crippen molar-refractivity contribution in [1.82, 2.24) is 9.69 Å². The average molecular weight is 339 g/mol. The number of aromatic nitrogens is 1. The first-order chi connectivity index (χ1) is 11.6. The number of carbonyl (C=O) groups is 1. The van der Waals surface area contributed by atoms with Crippen LogP contribution in [0.25, 0.3) is 10.1 Å². The van der Waals surface area contributed by atoms with Gasteiger partial charge in [0.1, 0.15) is 5.82 Å². The maximum atomic E-state index is 12.4. The largest absolute Gasteiger partial charge is 0.367 e. The van der Waals surface area contributed by atoms with Crippen LogP contribution in [0, 0.1) is 20.8 Å². The number of aryl methyl sites for hydroxylation is 3. The molecule has 0 atom stereocenters. The van der Waals surface area contributed by atoms with Crippen molar-refractivity contribution in [3.05, 3.63) is 58.7 Å². The molecule has 0 radical (unpaired) electrons. The van der Waals surface area contributed by atoms with Gasteiger partial charge in [-0.05, 0) is 55.6 Å². The zero-order valence-corrected chi connectivity index (χ0v) is 15.0. The summed E-state index contributed by atoms with van der Waals surface area (Å²) in [7, 11) is 0. The second kappa shape index (κ2) is 7.01. The highest BCUT2D eigenvalue weighted by atomic mass is 32.1. The standard InChI is InChI=1S/C19H21N3OS/c1-12-10-13(2)17(14(3)11-12)19(23)21-9-8-20-18-15-6-4-5-7-16(15)24-22-18/h4-7,10-11H,8-9H2,1-3H3,(H,20,22)(H,21,23). The van der Waals surface area contributed by atoms with Crippen molar-refractivity contribution in [1.29, 1.82) is 0 Å². The molecule has 4 nitrogen and oxygen atoms in total. The Labute approximate surface area is 146 Å². The van der Waals surface area contributed by atoms with Crippen LogP contribution in [-0.2, 0) is 0 Å². The smallest absolute Gasteiger partial charge is 0.251 e. The van der Waals surface area contributed by atoms with Crippen molar-refractivity contribution in [2.45, 2.75) is 20.8 Å². The molecular weight excluding hydrogens is 318 g/mol. The molecule has 3 aromatic rings. The number of rotatable bonds is 5. The highest BCUT2D eigenvalue weighted by Crippen LogP contribution is 2.25. The molecule has 3 rings (SSSR count). The van der Waals surface area contributed by atoms with Gasteiger partial charge < -0.3 is 10.6 Å². The zero-order valence-electron chi connectivity index (χ0n) is 14.1. The van der Waals surface area contributed by atoms with E-state index in [9.17, 15) is 4.79 Å². The fourth-order valence-electron chi connectivity index (χ4n) is 3.00. The molecule has 0 bridgehead atoms. The number of fused-ring (bicyclic) bond motifs is 1. The van der Waals surface area contributed by atoms with Crippen LogP contribution in [0.5, 0.6) is 0 Å². The molecule has 0 saturated heterocycles. The van der Waals surface area contributed by atoms with Gasteiger partial charge in [-0.15, -0.1) is 0 Å². The number of hydrogen-bond donors (Lipinski definition) is 2. The van der Waals surface area contributed by atoms with Gasteiger partial charge in [0.2, 0.25) is 0 Å². The van der Waals surface area contributed by atoms with Gasteiger partial charge in [-0.2, -0.15) is 4.37 Å². The SMILES string of the molecule is Cc1cc(C)c(C(=O)NCCNc2nsc3ccccc23)c(C)c1. The van der Waals surface area contributed by atoms with E-state index < -0.39 is 0 Å². The Balaban J connectivity index is 1.58. The molecule has 1 aromatic heterocycles. The Hall–Kier alpha value is -2.40. The van der Waals surface area contributed by atoms with Crippen LogP contribution in [0.1, 0.15) is 27.0 Å². The molecule has 0 fully saturated rings. The quantitative estimate of drug-likeness (QED) is 0.689. The van der Waals surface area contributed by atoms with E-state index in [1.807, 2.05) is 45.0 Å². The number of nitrogens with zero attached hydrogens (tertiary/aromatic N) is 1. The summed E-state index contributed by atoms with van der Waals surface area (Å²) in [6, 6.07) is 12.2. The Morgan fingerprint density at radius 2 is 1.79 bits per heavy atom. The summed E-state index contributed by atoms with van der Waals surface area (Å²) < 4.78 is 5.59. The van der Waals surface area contributed by atoms with Crippen LogP contribution < -0.4 is 10.6 Å². The molecule has 2 aromatic carbocycles. The van der Waals surface area contributed by atoms with E-state index in [2.05, 4.69) is 27.1 Å². The van der Waals surface area contributed by atoms with Crippen LogP contribution in [0.15, 0.2) is 36.4 Å².